The van der Waals surface area contributed by atoms with Gasteiger partial charge in [0.2, 0.25) is 0 Å². The Hall–Kier alpha value is -8.78. The summed E-state index contributed by atoms with van der Waals surface area (Å²) in [7, 11) is 10.2. The van der Waals surface area contributed by atoms with Crippen molar-refractivity contribution in [1.82, 2.24) is 90.1 Å². The number of amides is 2. The topological polar surface area (TPSA) is 492 Å². The number of hydrogen-bond donors (Lipinski definition) is 11. The van der Waals surface area contributed by atoms with E-state index < -0.39 is 61.2 Å². The zero-order chi connectivity index (χ0) is 102. The molecule has 0 radical (unpaired) electrons. The first-order valence-electron chi connectivity index (χ1n) is 47.5. The predicted octanol–water partition coefficient (Wildman–Crippen LogP) is 7.97. The molecule has 2 amide bonds. The fraction of sp³-hybridized carbons (Fsp3) is 0.566. The van der Waals surface area contributed by atoms with E-state index in [0.29, 0.717) is 49.8 Å². The first-order valence-corrected chi connectivity index (χ1v) is 49.0. The van der Waals surface area contributed by atoms with Crippen molar-refractivity contribution in [2.75, 3.05) is 208 Å². The van der Waals surface area contributed by atoms with Crippen LogP contribution in [0.2, 0.25) is 0 Å². The molecule has 4 atom stereocenters. The molecular weight excluding hydrogens is 2030 g/mol. The quantitative estimate of drug-likeness (QED) is 0.0253. The van der Waals surface area contributed by atoms with E-state index in [2.05, 4.69) is 149 Å². The van der Waals surface area contributed by atoms with Crippen LogP contribution >= 0.6 is 48.8 Å². The number of nitro groups is 2. The van der Waals surface area contributed by atoms with Crippen molar-refractivity contribution in [2.24, 2.45) is 23.7 Å². The van der Waals surface area contributed by atoms with E-state index >= 15 is 0 Å². The third-order valence-electron chi connectivity index (χ3n) is 25.7. The number of ketones is 1. The van der Waals surface area contributed by atoms with Crippen molar-refractivity contribution in [2.45, 2.75) is 143 Å². The Morgan fingerprint density at radius 2 is 0.838 bits per heavy atom. The predicted molar refractivity (Wildman–Crippen MR) is 557 cm³/mol. The number of nitrogens with one attached hydrogen (secondary N) is 3. The maximum atomic E-state index is 11.7. The van der Waals surface area contributed by atoms with Gasteiger partial charge in [0.15, 0.2) is 18.2 Å². The molecule has 39 nitrogen and oxygen atoms in total. The Labute approximate surface area is 878 Å². The van der Waals surface area contributed by atoms with Gasteiger partial charge in [0.1, 0.15) is 33.8 Å². The summed E-state index contributed by atoms with van der Waals surface area (Å²) < 4.78 is 12.0. The molecule has 12 saturated heterocycles. The van der Waals surface area contributed by atoms with Gasteiger partial charge < -0.3 is 128 Å². The number of aliphatic hydroxyl groups is 7. The number of pyridine rings is 8. The Bertz CT molecular complexity index is 5020. The summed E-state index contributed by atoms with van der Waals surface area (Å²) >= 11 is 6.36. The maximum absolute atomic E-state index is 11.7. The molecule has 8 aromatic heterocycles. The van der Waals surface area contributed by atoms with Gasteiger partial charge >= 0.3 is 46.9 Å². The maximum Gasteiger partial charge on any atom is 2.00 e. The number of halogens is 3. The van der Waals surface area contributed by atoms with Crippen molar-refractivity contribution in [3.05, 3.63) is 230 Å². The summed E-state index contributed by atoms with van der Waals surface area (Å²) in [5.74, 6) is 1.95. The van der Waals surface area contributed by atoms with Gasteiger partial charge in [0.05, 0.1) is 70.6 Å². The van der Waals surface area contributed by atoms with Crippen LogP contribution in [0.25, 0.3) is 0 Å². The molecule has 12 fully saturated rings. The Morgan fingerprint density at radius 1 is 0.465 bits per heavy atom. The van der Waals surface area contributed by atoms with Crippen molar-refractivity contribution >= 4 is 119 Å². The first-order chi connectivity index (χ1) is 66.3. The summed E-state index contributed by atoms with van der Waals surface area (Å²) in [6.45, 7) is 28.8. The number of anilines is 3. The third kappa shape index (κ3) is 36.4. The Balaban J connectivity index is 0.000000216. The molecule has 0 bridgehead atoms. The first kappa shape index (κ1) is 118. The number of hydrogen-bond acceptors (Lipinski definition) is 35. The number of β-amino-alcohol motifs (C(OH)–C–C–N with tert-alkyl or cyclic N) is 7. The number of rotatable bonds is 11. The van der Waals surface area contributed by atoms with E-state index in [1.807, 2.05) is 102 Å². The summed E-state index contributed by atoms with van der Waals surface area (Å²) in [6, 6.07) is 31.3. The summed E-state index contributed by atoms with van der Waals surface area (Å²) in [5.41, 5.74) is 5.06. The van der Waals surface area contributed by atoms with Crippen LogP contribution in [-0.4, -0.2) is 387 Å². The van der Waals surface area contributed by atoms with Crippen molar-refractivity contribution in [3.8, 4) is 0 Å². The number of likely N-dealkylation sites (N-methyl/N-ethyl adjacent to an activating group) is 5. The van der Waals surface area contributed by atoms with Crippen LogP contribution in [0, 0.1) is 50.0 Å². The van der Waals surface area contributed by atoms with Gasteiger partial charge in [-0.15, -0.1) is 17.0 Å². The minimum absolute atomic E-state index is 0. The molecule has 8 aromatic rings. The molecule has 4 unspecified atom stereocenters. The van der Waals surface area contributed by atoms with Gasteiger partial charge in [-0.1, -0.05) is 30.6 Å². The third-order valence-corrected chi connectivity index (χ3v) is 26.7. The smallest absolute Gasteiger partial charge is 1.00 e. The van der Waals surface area contributed by atoms with Crippen LogP contribution in [0.3, 0.4) is 0 Å². The van der Waals surface area contributed by atoms with Gasteiger partial charge in [0.25, 0.3) is 0 Å². The van der Waals surface area contributed by atoms with Crippen molar-refractivity contribution < 1.29 is 70.9 Å². The van der Waals surface area contributed by atoms with Gasteiger partial charge in [-0.25, -0.2) is 26.7 Å². The van der Waals surface area contributed by atoms with Crippen LogP contribution in [0.15, 0.2) is 187 Å². The van der Waals surface area contributed by atoms with Crippen molar-refractivity contribution in [3.63, 3.8) is 0 Å². The van der Waals surface area contributed by atoms with Crippen LogP contribution < -0.4 is 31.5 Å². The molecule has 12 aliphatic heterocycles. The van der Waals surface area contributed by atoms with E-state index in [1.165, 1.54) is 53.8 Å². The van der Waals surface area contributed by atoms with E-state index in [9.17, 15) is 70.4 Å². The molecule has 20 heterocycles. The summed E-state index contributed by atoms with van der Waals surface area (Å²) in [4.78, 5) is 102. The van der Waals surface area contributed by atoms with Gasteiger partial charge in [0, 0.05) is 224 Å². The molecule has 12 N–H and O–H groups in total. The van der Waals surface area contributed by atoms with E-state index in [-0.39, 0.29) is 102 Å². The Kier molecular flexibility index (Phi) is 45.5. The van der Waals surface area contributed by atoms with E-state index in [4.69, 9.17) is 15.2 Å². The van der Waals surface area contributed by atoms with Crippen LogP contribution in [0.1, 0.15) is 111 Å². The second-order valence-corrected chi connectivity index (χ2v) is 42.2. The van der Waals surface area contributed by atoms with Gasteiger partial charge in [-0.3, -0.25) is 34.5 Å². The standard InChI is InChI=1S/C14H20N4O3.C14H22N4O.C13H18N2O3.2C9H18N2O.C9H12N2O.C8H10N2O.C8H13NO3.C5H3BrN2O2.C5H4BrN.C5H4N.BrH.Mg.H/c1-16-9-14(19,10-16)11-3-2-6-17(8-11)12-4-5-13(15-7-12)18(20)21;1-17-9-14(19,10-17)11-3-2-6-18(8-11)12-4-5-13(15)16-7-12;1-12(2,3)18-11(16)15-8-13(17,9-15)10-5-4-6-14-7-10;3*1-11-6-9(12,7-11)8-3-2-4-10-5-8;11-8(5-10-6-8)7-2-1-3-9-4-7;1-8(2,3)12-7(11)9-4-6(10)5-9;6-4-1-2-5(7-3-4)8(9)10;6-5-2-1-3-7-4-5;1-2-4-6-5-3-1;;;/h4-5,7,11,19H,2-3,6,8-10H2,1H3;4-5,7,11,19H,2-3,6,8-10H2,1H3,(H2,15,16);4-7,17H,8-9H2,1-3H3;2*8,10,12H,2-7H2,1H3;2-5,12H,6-7H2,1H3;1-4,10-11H,5-6H2;4-5H2,1-3H3;1-3H;1-4H;1-2,4-5H;1H;;/q;;;;;;;;;;-1;;+2;-1. The zero-order valence-corrected chi connectivity index (χ0v) is 89.7. The van der Waals surface area contributed by atoms with Crippen LogP contribution in [0.5, 0.6) is 0 Å². The van der Waals surface area contributed by atoms with Gasteiger partial charge in [-0.05, 0) is 248 Å². The SMILES string of the molecule is Br.Brc1cccnc1.CC(C)(C)OC(=O)N1CC(=O)C1.CC(C)(C)OC(=O)N1CC(O)(c2cccnc2)C1.CN1CC(O)(C2CCCN(c3ccc(N)nc3)C2)C1.CN1CC(O)(C2CCCN(c3ccc([N+](=O)[O-])nc3)C2)C1.CN1CC(O)(C2CCCNC2)C1.CN1CC(O)(C2CCCNC2)C1.CN1CC(O)(c2cccnc2)C1.O=[N+]([O-])c1ccc(Br)cn1.OC1(c2cccnc2)CNC1.[H-].[Mg+2].[c-]1cccnc1. The number of nitrogens with two attached hydrogens (primary N) is 1. The fourth-order valence-corrected chi connectivity index (χ4v) is 18.9. The molecule has 12 aliphatic rings. The number of nitrogen functional groups attached to an aromatic ring is 1. The average Bonchev–Trinajstić information content (AvgIpc) is 0.767. The molecule has 43 heteroatoms. The molecule has 0 saturated carbocycles. The molecule has 0 aliphatic carbocycles. The van der Waals surface area contributed by atoms with Crippen LogP contribution in [-0.2, 0) is 31.1 Å². The number of likely N-dealkylation sites (tertiary alicyclic amines) is 7. The normalized spacial score (nSPS) is 22.1. The zero-order valence-electron chi connectivity index (χ0n) is 84.4. The van der Waals surface area contributed by atoms with E-state index in [0.717, 1.165) is 167 Å². The largest absolute Gasteiger partial charge is 2.00 e. The second kappa shape index (κ2) is 54.6. The summed E-state index contributed by atoms with van der Waals surface area (Å²) in [6.07, 6.45) is 30.1. The number of piperidine rings is 4. The number of nitrogens with zero attached hydrogens (tertiary/aromatic N) is 19. The molecule has 0 aromatic carbocycles. The minimum atomic E-state index is -0.995. The Morgan fingerprint density at radius 3 is 1.13 bits per heavy atom. The van der Waals surface area contributed by atoms with E-state index in [1.54, 1.807) is 113 Å². The molecular formula is C99H144Br3MgN23O16. The molecule has 142 heavy (non-hydrogen) atoms. The summed E-state index contributed by atoms with van der Waals surface area (Å²) in [5, 5.41) is 102. The fourth-order valence-electron chi connectivity index (χ4n) is 18.4. The molecule has 774 valence electrons. The number of Topliss-reactive ketones (excluding diaryl/α,β-unsaturated/α-hetero) is 1. The minimum Gasteiger partial charge on any atom is -1.00 e. The monoisotopic (exact) mass is 2170 g/mol. The molecule has 0 spiro atoms. The number of carbonyl (C=O) groups excluding carboxylic acids is 3. The van der Waals surface area contributed by atoms with Crippen LogP contribution in [0.4, 0.5) is 38.4 Å². The average molecular weight is 2180 g/mol. The number of aromatic nitrogens is 8. The number of carbonyl (C=O) groups is 3. The van der Waals surface area contributed by atoms with Gasteiger partial charge in [-0.2, -0.15) is 6.07 Å². The molecule has 20 rings (SSSR count). The van der Waals surface area contributed by atoms with Crippen molar-refractivity contribution in [1.29, 1.82) is 0 Å². The second-order valence-electron chi connectivity index (χ2n) is 40.4. The number of ether oxygens (including phenoxy) is 2.